The summed E-state index contributed by atoms with van der Waals surface area (Å²) in [4.78, 5) is 7.15. The fraction of sp³-hybridized carbons (Fsp3) is 0.944. The standard InChI is InChI=1S/C18H36N4O2/c1-4-19-18(20-10-15-6-5-7-17(15)23)21-11-16-13-22(8-9-24-16)12-14(2)3/h14-17,23H,4-13H2,1-3H3,(H2,19,20,21). The second-order valence-electron chi connectivity index (χ2n) is 7.51. The SMILES string of the molecule is CCNC(=NCC1CCCC1O)NCC1CN(CC(C)C)CCO1. The second kappa shape index (κ2) is 10.2. The van der Waals surface area contributed by atoms with Gasteiger partial charge in [-0.25, -0.2) is 0 Å². The van der Waals surface area contributed by atoms with Gasteiger partial charge in [0.1, 0.15) is 0 Å². The van der Waals surface area contributed by atoms with E-state index in [1.807, 2.05) is 0 Å². The van der Waals surface area contributed by atoms with Crippen molar-refractivity contribution in [2.75, 3.05) is 45.9 Å². The van der Waals surface area contributed by atoms with E-state index in [1.165, 1.54) is 0 Å². The van der Waals surface area contributed by atoms with Crippen LogP contribution < -0.4 is 10.6 Å². The Balaban J connectivity index is 1.77. The average Bonchev–Trinajstić information content (AvgIpc) is 2.95. The van der Waals surface area contributed by atoms with Crippen LogP contribution in [0.25, 0.3) is 0 Å². The number of guanidine groups is 1. The van der Waals surface area contributed by atoms with Gasteiger partial charge in [-0.05, 0) is 25.7 Å². The van der Waals surface area contributed by atoms with Crippen molar-refractivity contribution in [3.8, 4) is 0 Å². The number of rotatable bonds is 7. The van der Waals surface area contributed by atoms with E-state index in [9.17, 15) is 5.11 Å². The first-order chi connectivity index (χ1) is 11.6. The van der Waals surface area contributed by atoms with E-state index in [2.05, 4.69) is 41.3 Å². The van der Waals surface area contributed by atoms with Gasteiger partial charge in [0, 0.05) is 45.2 Å². The lowest BCUT2D eigenvalue weighted by Gasteiger charge is -2.34. The third kappa shape index (κ3) is 6.57. The summed E-state index contributed by atoms with van der Waals surface area (Å²) in [6.07, 6.45) is 3.15. The zero-order valence-corrected chi connectivity index (χ0v) is 15.6. The Hall–Kier alpha value is -0.850. The molecule has 3 atom stereocenters. The van der Waals surface area contributed by atoms with Gasteiger partial charge in [0.15, 0.2) is 5.96 Å². The number of hydrogen-bond acceptors (Lipinski definition) is 4. The van der Waals surface area contributed by atoms with Gasteiger partial charge < -0.3 is 20.5 Å². The van der Waals surface area contributed by atoms with Crippen LogP contribution in [0.5, 0.6) is 0 Å². The van der Waals surface area contributed by atoms with Gasteiger partial charge in [0.2, 0.25) is 0 Å². The van der Waals surface area contributed by atoms with Crippen molar-refractivity contribution in [1.82, 2.24) is 15.5 Å². The summed E-state index contributed by atoms with van der Waals surface area (Å²) < 4.78 is 5.89. The van der Waals surface area contributed by atoms with Crippen molar-refractivity contribution >= 4 is 5.96 Å². The van der Waals surface area contributed by atoms with Crippen LogP contribution >= 0.6 is 0 Å². The van der Waals surface area contributed by atoms with Crippen molar-refractivity contribution in [3.05, 3.63) is 0 Å². The van der Waals surface area contributed by atoms with Gasteiger partial charge in [-0.2, -0.15) is 0 Å². The van der Waals surface area contributed by atoms with E-state index >= 15 is 0 Å². The Kier molecular flexibility index (Phi) is 8.29. The van der Waals surface area contributed by atoms with Crippen molar-refractivity contribution < 1.29 is 9.84 Å². The predicted molar refractivity (Wildman–Crippen MR) is 98.3 cm³/mol. The summed E-state index contributed by atoms with van der Waals surface area (Å²) in [5.41, 5.74) is 0. The molecule has 0 amide bonds. The van der Waals surface area contributed by atoms with Gasteiger partial charge in [-0.15, -0.1) is 0 Å². The molecule has 1 heterocycles. The minimum Gasteiger partial charge on any atom is -0.393 e. The second-order valence-corrected chi connectivity index (χ2v) is 7.51. The molecule has 0 aromatic heterocycles. The third-order valence-corrected chi connectivity index (χ3v) is 4.79. The number of morpholine rings is 1. The average molecular weight is 341 g/mol. The largest absolute Gasteiger partial charge is 0.393 e. The molecule has 6 nitrogen and oxygen atoms in total. The highest BCUT2D eigenvalue weighted by Gasteiger charge is 2.25. The maximum absolute atomic E-state index is 9.93. The molecule has 1 saturated heterocycles. The van der Waals surface area contributed by atoms with Crippen LogP contribution in [0.15, 0.2) is 4.99 Å². The molecule has 0 aromatic carbocycles. The summed E-state index contributed by atoms with van der Waals surface area (Å²) in [5, 5.41) is 16.6. The number of nitrogens with zero attached hydrogens (tertiary/aromatic N) is 2. The summed E-state index contributed by atoms with van der Waals surface area (Å²) >= 11 is 0. The number of ether oxygens (including phenoxy) is 1. The zero-order valence-electron chi connectivity index (χ0n) is 15.6. The Morgan fingerprint density at radius 2 is 2.17 bits per heavy atom. The molecule has 1 aliphatic carbocycles. The van der Waals surface area contributed by atoms with Crippen molar-refractivity contribution in [2.45, 2.75) is 52.2 Å². The lowest BCUT2D eigenvalue weighted by atomic mass is 10.1. The monoisotopic (exact) mass is 340 g/mol. The third-order valence-electron chi connectivity index (χ3n) is 4.79. The van der Waals surface area contributed by atoms with Crippen molar-refractivity contribution in [3.63, 3.8) is 0 Å². The molecular weight excluding hydrogens is 304 g/mol. The normalized spacial score (nSPS) is 29.2. The number of nitrogens with one attached hydrogen (secondary N) is 2. The smallest absolute Gasteiger partial charge is 0.191 e. The Bertz CT molecular complexity index is 389. The first-order valence-electron chi connectivity index (χ1n) is 9.62. The van der Waals surface area contributed by atoms with E-state index < -0.39 is 0 Å². The Morgan fingerprint density at radius 1 is 1.33 bits per heavy atom. The fourth-order valence-electron chi connectivity index (χ4n) is 3.58. The molecule has 140 valence electrons. The molecule has 2 fully saturated rings. The minimum atomic E-state index is -0.178. The van der Waals surface area contributed by atoms with E-state index in [1.54, 1.807) is 0 Å². The zero-order chi connectivity index (χ0) is 17.4. The fourth-order valence-corrected chi connectivity index (χ4v) is 3.58. The van der Waals surface area contributed by atoms with E-state index in [4.69, 9.17) is 4.74 Å². The van der Waals surface area contributed by atoms with Gasteiger partial charge in [0.05, 0.1) is 18.8 Å². The van der Waals surface area contributed by atoms with Crippen molar-refractivity contribution in [1.29, 1.82) is 0 Å². The molecule has 0 spiro atoms. The highest BCUT2D eigenvalue weighted by molar-refractivity contribution is 5.79. The topological polar surface area (TPSA) is 69.1 Å². The van der Waals surface area contributed by atoms with Crippen LogP contribution in [-0.2, 0) is 4.74 Å². The minimum absolute atomic E-state index is 0.178. The Labute approximate surface area is 147 Å². The number of aliphatic hydroxyl groups is 1. The molecule has 3 N–H and O–H groups in total. The number of aliphatic imine (C=N–C) groups is 1. The van der Waals surface area contributed by atoms with Crippen LogP contribution in [0, 0.1) is 11.8 Å². The molecule has 24 heavy (non-hydrogen) atoms. The number of aliphatic hydroxyl groups excluding tert-OH is 1. The highest BCUT2D eigenvalue weighted by atomic mass is 16.5. The summed E-state index contributed by atoms with van der Waals surface area (Å²) in [5.74, 6) is 1.84. The molecule has 0 bridgehead atoms. The lowest BCUT2D eigenvalue weighted by molar-refractivity contribution is -0.0284. The highest BCUT2D eigenvalue weighted by Crippen LogP contribution is 2.25. The molecule has 0 aromatic rings. The summed E-state index contributed by atoms with van der Waals surface area (Å²) in [7, 11) is 0. The van der Waals surface area contributed by atoms with Gasteiger partial charge in [-0.1, -0.05) is 20.3 Å². The maximum atomic E-state index is 9.93. The quantitative estimate of drug-likeness (QED) is 0.478. The van der Waals surface area contributed by atoms with Gasteiger partial charge in [0.25, 0.3) is 0 Å². The molecule has 1 aliphatic heterocycles. The van der Waals surface area contributed by atoms with Gasteiger partial charge in [-0.3, -0.25) is 9.89 Å². The maximum Gasteiger partial charge on any atom is 0.191 e. The van der Waals surface area contributed by atoms with Crippen LogP contribution in [0.2, 0.25) is 0 Å². The van der Waals surface area contributed by atoms with Crippen LogP contribution in [0.3, 0.4) is 0 Å². The first-order valence-corrected chi connectivity index (χ1v) is 9.62. The molecule has 0 radical (unpaired) electrons. The summed E-state index contributed by atoms with van der Waals surface area (Å²) in [6.45, 7) is 12.8. The lowest BCUT2D eigenvalue weighted by Crippen LogP contribution is -2.50. The van der Waals surface area contributed by atoms with Crippen molar-refractivity contribution in [2.24, 2.45) is 16.8 Å². The van der Waals surface area contributed by atoms with Gasteiger partial charge >= 0.3 is 0 Å². The molecule has 6 heteroatoms. The van der Waals surface area contributed by atoms with Crippen LogP contribution in [0.1, 0.15) is 40.0 Å². The van der Waals surface area contributed by atoms with Crippen LogP contribution in [0.4, 0.5) is 0 Å². The Morgan fingerprint density at radius 3 is 2.83 bits per heavy atom. The number of hydrogen-bond donors (Lipinski definition) is 3. The molecular formula is C18H36N4O2. The summed E-state index contributed by atoms with van der Waals surface area (Å²) in [6, 6.07) is 0. The predicted octanol–water partition coefficient (Wildman–Crippen LogP) is 1.06. The first kappa shape index (κ1) is 19.5. The van der Waals surface area contributed by atoms with E-state index in [0.29, 0.717) is 18.4 Å². The van der Waals surface area contributed by atoms with Crippen LogP contribution in [-0.4, -0.2) is 74.0 Å². The molecule has 2 rings (SSSR count). The molecule has 1 saturated carbocycles. The van der Waals surface area contributed by atoms with E-state index in [-0.39, 0.29) is 12.2 Å². The molecule has 3 unspecified atom stereocenters. The van der Waals surface area contributed by atoms with E-state index in [0.717, 1.165) is 64.6 Å². The molecule has 2 aliphatic rings.